The van der Waals surface area contributed by atoms with Crippen molar-refractivity contribution in [2.24, 2.45) is 0 Å². The third kappa shape index (κ3) is 3.63. The van der Waals surface area contributed by atoms with Gasteiger partial charge < -0.3 is 10.0 Å². The Morgan fingerprint density at radius 1 is 1.55 bits per heavy atom. The number of sulfone groups is 1. The van der Waals surface area contributed by atoms with E-state index in [1.807, 2.05) is 0 Å². The zero-order valence-corrected chi connectivity index (χ0v) is 11.9. The first kappa shape index (κ1) is 14.7. The molecule has 0 bridgehead atoms. The van der Waals surface area contributed by atoms with Crippen LogP contribution in [0.4, 0.5) is 9.80 Å². The normalized spacial score (nSPS) is 21.4. The molecule has 1 saturated heterocycles. The number of anilines is 1. The van der Waals surface area contributed by atoms with Crippen molar-refractivity contribution in [3.05, 3.63) is 6.20 Å². The zero-order chi connectivity index (χ0) is 14.8. The van der Waals surface area contributed by atoms with Crippen LogP contribution in [0.25, 0.3) is 0 Å². The van der Waals surface area contributed by atoms with E-state index >= 15 is 0 Å². The molecule has 0 aromatic carbocycles. The number of carbonyl (C=O) groups excluding carboxylic acids is 1. The fourth-order valence-corrected chi connectivity index (χ4v) is 3.86. The molecule has 1 aliphatic heterocycles. The maximum absolute atomic E-state index is 12.0. The smallest absolute Gasteiger partial charge is 0.322 e. The molecule has 1 aliphatic rings. The molecule has 1 fully saturated rings. The van der Waals surface area contributed by atoms with Gasteiger partial charge in [-0.05, 0) is 0 Å². The van der Waals surface area contributed by atoms with E-state index < -0.39 is 34.3 Å². The summed E-state index contributed by atoms with van der Waals surface area (Å²) in [7, 11) is -3.31. The molecule has 0 spiro atoms. The number of hydrogen-bond acceptors (Lipinski definition) is 7. The van der Waals surface area contributed by atoms with Gasteiger partial charge in [0.2, 0.25) is 0 Å². The van der Waals surface area contributed by atoms with Crippen molar-refractivity contribution < 1.29 is 23.1 Å². The number of nitrogens with one attached hydrogen (secondary N) is 1. The van der Waals surface area contributed by atoms with Crippen molar-refractivity contribution in [1.29, 1.82) is 0 Å². The van der Waals surface area contributed by atoms with E-state index in [-0.39, 0.29) is 18.1 Å². The van der Waals surface area contributed by atoms with Gasteiger partial charge in [0.05, 0.1) is 30.2 Å². The van der Waals surface area contributed by atoms with Gasteiger partial charge in [-0.3, -0.25) is 10.1 Å². The summed E-state index contributed by atoms with van der Waals surface area (Å²) < 4.78 is 26.7. The third-order valence-electron chi connectivity index (χ3n) is 2.79. The molecule has 11 heteroatoms. The molecule has 20 heavy (non-hydrogen) atoms. The minimum absolute atomic E-state index is 0.0294. The molecule has 0 aliphatic carbocycles. The number of aliphatic carboxylic acids is 1. The van der Waals surface area contributed by atoms with E-state index in [0.29, 0.717) is 5.00 Å². The van der Waals surface area contributed by atoms with Crippen molar-refractivity contribution >= 4 is 38.4 Å². The lowest BCUT2D eigenvalue weighted by molar-refractivity contribution is -0.137. The van der Waals surface area contributed by atoms with Crippen LogP contribution < -0.4 is 5.32 Å². The van der Waals surface area contributed by atoms with E-state index in [9.17, 15) is 18.0 Å². The SMILES string of the molecule is O=C(O)CC1CS(=O)(=O)CCN1C(=O)Nc1cnns1. The number of carboxylic acid groups (broad SMARTS) is 1. The third-order valence-corrected chi connectivity index (χ3v) is 5.07. The number of amides is 2. The lowest BCUT2D eigenvalue weighted by Gasteiger charge is -2.34. The minimum Gasteiger partial charge on any atom is -0.481 e. The predicted octanol–water partition coefficient (Wildman–Crippen LogP) is -0.356. The van der Waals surface area contributed by atoms with E-state index in [1.165, 1.54) is 11.1 Å². The molecule has 2 N–H and O–H groups in total. The molecule has 0 radical (unpaired) electrons. The first-order chi connectivity index (χ1) is 9.37. The van der Waals surface area contributed by atoms with Gasteiger partial charge in [-0.15, -0.1) is 5.10 Å². The fraction of sp³-hybridized carbons (Fsp3) is 0.556. The number of carbonyl (C=O) groups is 2. The van der Waals surface area contributed by atoms with Crippen molar-refractivity contribution in [3.8, 4) is 0 Å². The van der Waals surface area contributed by atoms with Crippen LogP contribution in [-0.2, 0) is 14.6 Å². The molecule has 2 heterocycles. The molecule has 1 aromatic heterocycles. The topological polar surface area (TPSA) is 130 Å². The Morgan fingerprint density at radius 2 is 2.30 bits per heavy atom. The van der Waals surface area contributed by atoms with Gasteiger partial charge in [0, 0.05) is 18.1 Å². The number of aromatic nitrogens is 2. The van der Waals surface area contributed by atoms with Crippen LogP contribution in [0.2, 0.25) is 0 Å². The molecular formula is C9H12N4O5S2. The van der Waals surface area contributed by atoms with Crippen LogP contribution in [0, 0.1) is 0 Å². The van der Waals surface area contributed by atoms with E-state index in [2.05, 4.69) is 14.9 Å². The van der Waals surface area contributed by atoms with Crippen molar-refractivity contribution in [2.75, 3.05) is 23.4 Å². The van der Waals surface area contributed by atoms with Crippen LogP contribution in [0.5, 0.6) is 0 Å². The summed E-state index contributed by atoms with van der Waals surface area (Å²) in [6, 6.07) is -1.41. The molecule has 1 aromatic rings. The summed E-state index contributed by atoms with van der Waals surface area (Å²) in [6.45, 7) is -0.0294. The summed E-state index contributed by atoms with van der Waals surface area (Å²) in [6.07, 6.45) is 0.947. The number of urea groups is 1. The molecule has 1 unspecified atom stereocenters. The molecule has 110 valence electrons. The second-order valence-electron chi connectivity index (χ2n) is 4.27. The maximum Gasteiger partial charge on any atom is 0.322 e. The molecule has 2 amide bonds. The highest BCUT2D eigenvalue weighted by Gasteiger charge is 2.35. The van der Waals surface area contributed by atoms with Gasteiger partial charge in [-0.1, -0.05) is 4.49 Å². The summed E-state index contributed by atoms with van der Waals surface area (Å²) in [5, 5.41) is 15.3. The molecule has 9 nitrogen and oxygen atoms in total. The number of rotatable bonds is 3. The van der Waals surface area contributed by atoms with Crippen LogP contribution in [0.1, 0.15) is 6.42 Å². The Balaban J connectivity index is 2.11. The van der Waals surface area contributed by atoms with E-state index in [1.54, 1.807) is 0 Å². The monoisotopic (exact) mass is 320 g/mol. The second-order valence-corrected chi connectivity index (χ2v) is 7.29. The molecule has 2 rings (SSSR count). The summed E-state index contributed by atoms with van der Waals surface area (Å²) >= 11 is 0.976. The first-order valence-electron chi connectivity index (χ1n) is 5.64. The van der Waals surface area contributed by atoms with Gasteiger partial charge in [0.1, 0.15) is 5.00 Å². The summed E-state index contributed by atoms with van der Waals surface area (Å²) in [5.41, 5.74) is 0. The highest BCUT2D eigenvalue weighted by atomic mass is 32.2. The van der Waals surface area contributed by atoms with E-state index in [0.717, 1.165) is 11.5 Å². The average Bonchev–Trinajstić information content (AvgIpc) is 2.79. The fourth-order valence-electron chi connectivity index (χ4n) is 1.92. The van der Waals surface area contributed by atoms with Crippen LogP contribution in [0.3, 0.4) is 0 Å². The largest absolute Gasteiger partial charge is 0.481 e. The molecular weight excluding hydrogens is 308 g/mol. The summed E-state index contributed by atoms with van der Waals surface area (Å²) in [4.78, 5) is 24.1. The quantitative estimate of drug-likeness (QED) is 0.778. The zero-order valence-electron chi connectivity index (χ0n) is 10.2. The molecule has 0 saturated carbocycles. The van der Waals surface area contributed by atoms with Crippen molar-refractivity contribution in [1.82, 2.24) is 14.5 Å². The maximum atomic E-state index is 12.0. The standard InChI is InChI=1S/C9H12N4O5S2/c14-8(15)3-6-5-20(17,18)2-1-13(6)9(16)11-7-4-10-12-19-7/h4,6H,1-3,5H2,(H,11,16)(H,14,15). The van der Waals surface area contributed by atoms with Crippen molar-refractivity contribution in [2.45, 2.75) is 12.5 Å². The Hall–Kier alpha value is -1.75. The van der Waals surface area contributed by atoms with Crippen LogP contribution in [0.15, 0.2) is 6.20 Å². The van der Waals surface area contributed by atoms with Gasteiger partial charge in [-0.25, -0.2) is 13.2 Å². The second kappa shape index (κ2) is 5.71. The highest BCUT2D eigenvalue weighted by Crippen LogP contribution is 2.18. The minimum atomic E-state index is -3.31. The number of carboxylic acids is 1. The number of nitrogens with zero attached hydrogens (tertiary/aromatic N) is 3. The van der Waals surface area contributed by atoms with E-state index in [4.69, 9.17) is 5.11 Å². The number of hydrogen-bond donors (Lipinski definition) is 2. The Morgan fingerprint density at radius 3 is 2.90 bits per heavy atom. The summed E-state index contributed by atoms with van der Waals surface area (Å²) in [5.74, 6) is -1.66. The van der Waals surface area contributed by atoms with Crippen LogP contribution in [-0.4, -0.2) is 64.1 Å². The van der Waals surface area contributed by atoms with Crippen molar-refractivity contribution in [3.63, 3.8) is 0 Å². The Kier molecular flexibility index (Phi) is 4.18. The molecule has 1 atom stereocenters. The lowest BCUT2D eigenvalue weighted by Crippen LogP contribution is -2.53. The van der Waals surface area contributed by atoms with Gasteiger partial charge in [0.25, 0.3) is 0 Å². The van der Waals surface area contributed by atoms with Gasteiger partial charge >= 0.3 is 12.0 Å². The first-order valence-corrected chi connectivity index (χ1v) is 8.24. The Bertz CT molecular complexity index is 600. The average molecular weight is 320 g/mol. The van der Waals surface area contributed by atoms with Gasteiger partial charge in [-0.2, -0.15) is 0 Å². The van der Waals surface area contributed by atoms with Crippen LogP contribution >= 0.6 is 11.5 Å². The lowest BCUT2D eigenvalue weighted by atomic mass is 10.2. The van der Waals surface area contributed by atoms with Gasteiger partial charge in [0.15, 0.2) is 9.84 Å². The Labute approximate surface area is 118 Å². The predicted molar refractivity (Wildman–Crippen MR) is 70.3 cm³/mol. The highest BCUT2D eigenvalue weighted by molar-refractivity contribution is 7.91.